The summed E-state index contributed by atoms with van der Waals surface area (Å²) < 4.78 is 47.2. The summed E-state index contributed by atoms with van der Waals surface area (Å²) in [5.41, 5.74) is 0. The van der Waals surface area contributed by atoms with E-state index < -0.39 is 21.5 Å². The van der Waals surface area contributed by atoms with Gasteiger partial charge in [-0.3, -0.25) is 0 Å². The van der Waals surface area contributed by atoms with Gasteiger partial charge in [0.1, 0.15) is 21.5 Å². The minimum Gasteiger partial charge on any atom is -0.229 e. The fourth-order valence-electron chi connectivity index (χ4n) is 0.895. The van der Waals surface area contributed by atoms with Crippen molar-refractivity contribution in [3.63, 3.8) is 0 Å². The summed E-state index contributed by atoms with van der Waals surface area (Å²) in [4.78, 5) is 0.264. The molecule has 1 aromatic carbocycles. The average Bonchev–Trinajstić information content (AvgIpc) is 2.07. The second kappa shape index (κ2) is 4.94. The van der Waals surface area contributed by atoms with Gasteiger partial charge in [0, 0.05) is 23.0 Å². The molecule has 1 rings (SSSR count). The van der Waals surface area contributed by atoms with E-state index in [-0.39, 0.29) is 16.4 Å². The molecule has 0 spiro atoms. The highest BCUT2D eigenvalue weighted by atomic mass is 32.2. The number of halogens is 2. The van der Waals surface area contributed by atoms with Crippen LogP contribution < -0.4 is 0 Å². The van der Waals surface area contributed by atoms with Crippen molar-refractivity contribution in [2.24, 2.45) is 0 Å². The summed E-state index contributed by atoms with van der Waals surface area (Å²) in [6, 6.07) is 3.23. The molecule has 6 heteroatoms. The SMILES string of the molecule is CS(=O)(=O)CCSc1ccc(F)cc1F. The van der Waals surface area contributed by atoms with Gasteiger partial charge >= 0.3 is 0 Å². The van der Waals surface area contributed by atoms with Crippen molar-refractivity contribution in [1.29, 1.82) is 0 Å². The molecule has 0 bridgehead atoms. The van der Waals surface area contributed by atoms with E-state index in [4.69, 9.17) is 0 Å². The zero-order valence-electron chi connectivity index (χ0n) is 8.04. The standard InChI is InChI=1S/C9H10F2O2S2/c1-15(12,13)5-4-14-9-3-2-7(10)6-8(9)11/h2-3,6H,4-5H2,1H3. The molecular weight excluding hydrogens is 242 g/mol. The van der Waals surface area contributed by atoms with Crippen LogP contribution in [0.5, 0.6) is 0 Å². The summed E-state index contributed by atoms with van der Waals surface area (Å²) in [6.07, 6.45) is 1.12. The largest absolute Gasteiger partial charge is 0.229 e. The minimum atomic E-state index is -3.03. The Balaban J connectivity index is 2.59. The Bertz CT molecular complexity index is 443. The first kappa shape index (κ1) is 12.4. The maximum absolute atomic E-state index is 13.1. The molecule has 0 atom stereocenters. The van der Waals surface area contributed by atoms with Crippen LogP contribution in [-0.4, -0.2) is 26.2 Å². The van der Waals surface area contributed by atoms with E-state index in [2.05, 4.69) is 0 Å². The van der Waals surface area contributed by atoms with Crippen molar-refractivity contribution in [3.05, 3.63) is 29.8 Å². The van der Waals surface area contributed by atoms with E-state index in [1.54, 1.807) is 0 Å². The van der Waals surface area contributed by atoms with Gasteiger partial charge in [-0.15, -0.1) is 11.8 Å². The summed E-state index contributed by atoms with van der Waals surface area (Å²) in [5.74, 6) is -1.05. The quantitative estimate of drug-likeness (QED) is 0.770. The molecule has 15 heavy (non-hydrogen) atoms. The molecule has 0 fully saturated rings. The fourth-order valence-corrected chi connectivity index (χ4v) is 3.02. The molecule has 0 aliphatic heterocycles. The number of thioether (sulfide) groups is 1. The van der Waals surface area contributed by atoms with Crippen LogP contribution in [0.15, 0.2) is 23.1 Å². The lowest BCUT2D eigenvalue weighted by atomic mass is 10.3. The van der Waals surface area contributed by atoms with Crippen molar-refractivity contribution in [3.8, 4) is 0 Å². The van der Waals surface area contributed by atoms with Crippen LogP contribution in [-0.2, 0) is 9.84 Å². The lowest BCUT2D eigenvalue weighted by Crippen LogP contribution is -2.05. The van der Waals surface area contributed by atoms with Crippen molar-refractivity contribution < 1.29 is 17.2 Å². The molecule has 0 heterocycles. The summed E-state index contributed by atoms with van der Waals surface area (Å²) in [7, 11) is -3.03. The Kier molecular flexibility index (Phi) is 4.10. The molecule has 0 radical (unpaired) electrons. The first-order valence-corrected chi connectivity index (χ1v) is 7.19. The van der Waals surface area contributed by atoms with Gasteiger partial charge in [0.2, 0.25) is 0 Å². The van der Waals surface area contributed by atoms with E-state index in [1.807, 2.05) is 0 Å². The van der Waals surface area contributed by atoms with Gasteiger partial charge in [0.15, 0.2) is 0 Å². The van der Waals surface area contributed by atoms with Crippen molar-refractivity contribution in [2.45, 2.75) is 4.90 Å². The lowest BCUT2D eigenvalue weighted by molar-refractivity contribution is 0.565. The molecule has 2 nitrogen and oxygen atoms in total. The maximum Gasteiger partial charge on any atom is 0.148 e. The van der Waals surface area contributed by atoms with Crippen molar-refractivity contribution >= 4 is 21.6 Å². The third-order valence-corrected chi connectivity index (χ3v) is 3.86. The van der Waals surface area contributed by atoms with Crippen LogP contribution in [0.2, 0.25) is 0 Å². The van der Waals surface area contributed by atoms with Gasteiger partial charge in [0.05, 0.1) is 5.75 Å². The van der Waals surface area contributed by atoms with Gasteiger partial charge in [-0.05, 0) is 12.1 Å². The first-order valence-electron chi connectivity index (χ1n) is 4.14. The highest BCUT2D eigenvalue weighted by molar-refractivity contribution is 8.00. The summed E-state index contributed by atoms with van der Waals surface area (Å²) in [5, 5.41) is 0. The van der Waals surface area contributed by atoms with E-state index >= 15 is 0 Å². The molecule has 0 amide bonds. The fraction of sp³-hybridized carbons (Fsp3) is 0.333. The van der Waals surface area contributed by atoms with Gasteiger partial charge in [-0.1, -0.05) is 0 Å². The Morgan fingerprint density at radius 1 is 1.33 bits per heavy atom. The summed E-state index contributed by atoms with van der Waals surface area (Å²) >= 11 is 1.06. The first-order chi connectivity index (χ1) is 6.88. The highest BCUT2D eigenvalue weighted by Crippen LogP contribution is 2.22. The number of sulfone groups is 1. The van der Waals surface area contributed by atoms with Crippen LogP contribution >= 0.6 is 11.8 Å². The summed E-state index contributed by atoms with van der Waals surface area (Å²) in [6.45, 7) is 0. The maximum atomic E-state index is 13.1. The second-order valence-electron chi connectivity index (χ2n) is 3.05. The van der Waals surface area contributed by atoms with Gasteiger partial charge in [-0.25, -0.2) is 17.2 Å². The molecule has 84 valence electrons. The molecule has 0 N–H and O–H groups in total. The number of hydrogen-bond donors (Lipinski definition) is 0. The topological polar surface area (TPSA) is 34.1 Å². The van der Waals surface area contributed by atoms with Crippen LogP contribution in [0.1, 0.15) is 0 Å². The minimum absolute atomic E-state index is 0.0194. The molecule has 0 aromatic heterocycles. The van der Waals surface area contributed by atoms with Crippen LogP contribution in [0.3, 0.4) is 0 Å². The number of rotatable bonds is 4. The Labute approximate surface area is 91.6 Å². The predicted octanol–water partition coefficient (Wildman–Crippen LogP) is 2.10. The predicted molar refractivity (Wildman–Crippen MR) is 56.8 cm³/mol. The highest BCUT2D eigenvalue weighted by Gasteiger charge is 2.06. The van der Waals surface area contributed by atoms with Crippen LogP contribution in [0.4, 0.5) is 8.78 Å². The third-order valence-electron chi connectivity index (χ3n) is 1.61. The van der Waals surface area contributed by atoms with Gasteiger partial charge < -0.3 is 0 Å². The van der Waals surface area contributed by atoms with E-state index in [0.717, 1.165) is 30.2 Å². The van der Waals surface area contributed by atoms with Gasteiger partial charge in [-0.2, -0.15) is 0 Å². The van der Waals surface area contributed by atoms with E-state index in [1.165, 1.54) is 6.07 Å². The molecule has 0 saturated heterocycles. The molecular formula is C9H10F2O2S2. The van der Waals surface area contributed by atoms with E-state index in [9.17, 15) is 17.2 Å². The Hall–Kier alpha value is -0.620. The van der Waals surface area contributed by atoms with Crippen LogP contribution in [0.25, 0.3) is 0 Å². The molecule has 0 unspecified atom stereocenters. The van der Waals surface area contributed by atoms with Crippen LogP contribution in [0, 0.1) is 11.6 Å². The normalized spacial score (nSPS) is 11.7. The molecule has 0 saturated carbocycles. The monoisotopic (exact) mass is 252 g/mol. The average molecular weight is 252 g/mol. The number of benzene rings is 1. The second-order valence-corrected chi connectivity index (χ2v) is 6.45. The third kappa shape index (κ3) is 4.61. The smallest absolute Gasteiger partial charge is 0.148 e. The molecule has 0 aliphatic rings. The van der Waals surface area contributed by atoms with E-state index in [0.29, 0.717) is 0 Å². The van der Waals surface area contributed by atoms with Crippen molar-refractivity contribution in [1.82, 2.24) is 0 Å². The lowest BCUT2D eigenvalue weighted by Gasteiger charge is -2.02. The Morgan fingerprint density at radius 2 is 2.00 bits per heavy atom. The Morgan fingerprint density at radius 3 is 2.53 bits per heavy atom. The zero-order chi connectivity index (χ0) is 11.5. The zero-order valence-corrected chi connectivity index (χ0v) is 9.67. The number of hydrogen-bond acceptors (Lipinski definition) is 3. The van der Waals surface area contributed by atoms with Crippen molar-refractivity contribution in [2.75, 3.05) is 17.8 Å². The molecule has 0 aliphatic carbocycles. The molecule has 1 aromatic rings. The van der Waals surface area contributed by atoms with Gasteiger partial charge in [0.25, 0.3) is 0 Å².